The van der Waals surface area contributed by atoms with Gasteiger partial charge in [0.1, 0.15) is 24.6 Å². The Labute approximate surface area is 269 Å². The van der Waals surface area contributed by atoms with Gasteiger partial charge in [0.15, 0.2) is 11.6 Å². The van der Waals surface area contributed by atoms with Gasteiger partial charge in [-0.05, 0) is 64.0 Å². The standard InChI is InChI=1S/C29H38N4O5S.C5H12O/c1-36-29(35)24-18-25(23-10-13-32(20-34)14-11-23)31-26(27(24)38-19-22-8-6-5-7-9-22)28-30-12-15-33(28)21-37-16-17-39(2,3)4;1-5(2,3)6-4/h5-9,12,15,18,20,23H,10-11,13-14,16-17,19,21H2,1-4H3;1-4H3. The van der Waals surface area contributed by atoms with E-state index in [2.05, 4.69) is 23.8 Å². The summed E-state index contributed by atoms with van der Waals surface area (Å²) in [6.07, 6.45) is 12.7. The Morgan fingerprint density at radius 2 is 1.76 bits per heavy atom. The number of ether oxygens (including phenoxy) is 4. The molecule has 3 aromatic rings. The topological polar surface area (TPSA) is 105 Å². The zero-order valence-electron chi connectivity index (χ0n) is 28.1. The second-order valence-corrected chi connectivity index (χ2v) is 17.4. The van der Waals surface area contributed by atoms with Gasteiger partial charge in [-0.2, -0.15) is 0 Å². The molecule has 0 radical (unpaired) electrons. The SMILES string of the molecule is COC(=O)c1cc(C2CCN(C=O)CC2)nc(-c2nccn2COCCS(C)(C)C)c1OCc1ccccc1.COC(C)(C)C. The van der Waals surface area contributed by atoms with Crippen molar-refractivity contribution in [3.05, 3.63) is 65.6 Å². The molecule has 1 aliphatic heterocycles. The maximum absolute atomic E-state index is 13.1. The van der Waals surface area contributed by atoms with E-state index in [1.54, 1.807) is 24.3 Å². The van der Waals surface area contributed by atoms with Crippen LogP contribution in [0.5, 0.6) is 5.75 Å². The maximum Gasteiger partial charge on any atom is 0.341 e. The van der Waals surface area contributed by atoms with E-state index >= 15 is 0 Å². The number of piperidine rings is 1. The first-order chi connectivity index (χ1) is 21.3. The lowest BCUT2D eigenvalue weighted by atomic mass is 9.92. The highest BCUT2D eigenvalue weighted by atomic mass is 32.3. The molecule has 248 valence electrons. The minimum Gasteiger partial charge on any atom is -0.486 e. The van der Waals surface area contributed by atoms with Crippen molar-refractivity contribution in [3.8, 4) is 17.3 Å². The predicted molar refractivity (Wildman–Crippen MR) is 180 cm³/mol. The zero-order chi connectivity index (χ0) is 33.0. The van der Waals surface area contributed by atoms with Crippen LogP contribution in [0.1, 0.15) is 61.1 Å². The van der Waals surface area contributed by atoms with Gasteiger partial charge in [0.2, 0.25) is 6.41 Å². The van der Waals surface area contributed by atoms with E-state index in [0.29, 0.717) is 49.3 Å². The van der Waals surface area contributed by atoms with Crippen LogP contribution < -0.4 is 4.74 Å². The number of carbonyl (C=O) groups excluding carboxylic acids is 2. The van der Waals surface area contributed by atoms with Crippen molar-refractivity contribution < 1.29 is 28.5 Å². The van der Waals surface area contributed by atoms with E-state index in [4.69, 9.17) is 23.9 Å². The van der Waals surface area contributed by atoms with Gasteiger partial charge in [-0.15, -0.1) is 0 Å². The quantitative estimate of drug-likeness (QED) is 0.140. The van der Waals surface area contributed by atoms with E-state index < -0.39 is 16.0 Å². The van der Waals surface area contributed by atoms with Crippen LogP contribution in [0, 0.1) is 0 Å². The van der Waals surface area contributed by atoms with Gasteiger partial charge >= 0.3 is 5.97 Å². The number of hydrogen-bond donors (Lipinski definition) is 0. The lowest BCUT2D eigenvalue weighted by molar-refractivity contribution is -0.119. The van der Waals surface area contributed by atoms with E-state index in [9.17, 15) is 9.59 Å². The Bertz CT molecular complexity index is 1360. The Kier molecular flexibility index (Phi) is 13.4. The molecule has 1 aliphatic rings. The van der Waals surface area contributed by atoms with Crippen molar-refractivity contribution in [1.29, 1.82) is 0 Å². The summed E-state index contributed by atoms with van der Waals surface area (Å²) in [4.78, 5) is 35.7. The van der Waals surface area contributed by atoms with Gasteiger partial charge in [-0.1, -0.05) is 30.3 Å². The highest BCUT2D eigenvalue weighted by Gasteiger charge is 2.28. The molecule has 4 rings (SSSR count). The van der Waals surface area contributed by atoms with Crippen molar-refractivity contribution in [2.45, 2.75) is 58.5 Å². The van der Waals surface area contributed by atoms with Crippen molar-refractivity contribution >= 4 is 22.4 Å². The molecule has 45 heavy (non-hydrogen) atoms. The van der Waals surface area contributed by atoms with Gasteiger partial charge in [0.05, 0.1) is 19.3 Å². The lowest BCUT2D eigenvalue weighted by Gasteiger charge is -2.29. The third-order valence-electron chi connectivity index (χ3n) is 7.33. The number of esters is 1. The number of carbonyl (C=O) groups is 2. The fourth-order valence-electron chi connectivity index (χ4n) is 4.45. The molecule has 0 unspecified atom stereocenters. The van der Waals surface area contributed by atoms with E-state index in [0.717, 1.165) is 36.3 Å². The molecule has 1 amide bonds. The van der Waals surface area contributed by atoms with E-state index in [-0.39, 0.29) is 18.1 Å². The molecule has 0 N–H and O–H groups in total. The van der Waals surface area contributed by atoms with Crippen LogP contribution in [0.4, 0.5) is 0 Å². The first kappa shape index (κ1) is 36.1. The van der Waals surface area contributed by atoms with Gasteiger partial charge in [-0.25, -0.2) is 24.8 Å². The van der Waals surface area contributed by atoms with Crippen molar-refractivity contribution in [2.75, 3.05) is 58.4 Å². The Balaban J connectivity index is 0.000000838. The van der Waals surface area contributed by atoms with Crippen molar-refractivity contribution in [1.82, 2.24) is 19.4 Å². The van der Waals surface area contributed by atoms with Crippen LogP contribution in [0.3, 0.4) is 0 Å². The summed E-state index contributed by atoms with van der Waals surface area (Å²) >= 11 is 0. The molecule has 0 spiro atoms. The summed E-state index contributed by atoms with van der Waals surface area (Å²) in [7, 11) is 2.40. The number of amides is 1. The number of benzene rings is 1. The molecule has 0 aliphatic carbocycles. The summed E-state index contributed by atoms with van der Waals surface area (Å²) in [5, 5.41) is 0. The molecule has 11 heteroatoms. The normalized spacial score (nSPS) is 14.4. The zero-order valence-corrected chi connectivity index (χ0v) is 28.9. The molecule has 1 fully saturated rings. The fraction of sp³-hybridized carbons (Fsp3) is 0.529. The third kappa shape index (κ3) is 11.5. The smallest absolute Gasteiger partial charge is 0.341 e. The van der Waals surface area contributed by atoms with Crippen molar-refractivity contribution in [3.63, 3.8) is 0 Å². The average molecular weight is 643 g/mol. The predicted octanol–water partition coefficient (Wildman–Crippen LogP) is 5.75. The number of nitrogens with zero attached hydrogens (tertiary/aromatic N) is 4. The van der Waals surface area contributed by atoms with Gasteiger partial charge < -0.3 is 28.4 Å². The van der Waals surface area contributed by atoms with Crippen LogP contribution in [-0.2, 0) is 32.3 Å². The summed E-state index contributed by atoms with van der Waals surface area (Å²) < 4.78 is 24.3. The molecule has 1 aromatic carbocycles. The average Bonchev–Trinajstić information content (AvgIpc) is 3.50. The number of rotatable bonds is 12. The molecule has 1 saturated heterocycles. The lowest BCUT2D eigenvalue weighted by Crippen LogP contribution is -2.32. The first-order valence-electron chi connectivity index (χ1n) is 15.1. The number of likely N-dealkylation sites (tertiary alicyclic amines) is 1. The Hall–Kier alpha value is -3.41. The van der Waals surface area contributed by atoms with Crippen LogP contribution >= 0.6 is 10.0 Å². The maximum atomic E-state index is 13.1. The highest BCUT2D eigenvalue weighted by molar-refractivity contribution is 8.32. The van der Waals surface area contributed by atoms with Crippen LogP contribution in [0.2, 0.25) is 0 Å². The summed E-state index contributed by atoms with van der Waals surface area (Å²) in [6.45, 7) is 8.55. The van der Waals surface area contributed by atoms with Crippen molar-refractivity contribution in [2.24, 2.45) is 0 Å². The van der Waals surface area contributed by atoms with E-state index in [1.807, 2.05) is 61.9 Å². The number of aromatic nitrogens is 3. The van der Waals surface area contributed by atoms with Crippen LogP contribution in [-0.4, -0.2) is 95.9 Å². The monoisotopic (exact) mass is 642 g/mol. The molecular weight excluding hydrogens is 592 g/mol. The second-order valence-electron chi connectivity index (χ2n) is 12.8. The minimum absolute atomic E-state index is 0.0417. The van der Waals surface area contributed by atoms with Gasteiger partial charge in [-0.3, -0.25) is 4.79 Å². The molecule has 2 aromatic heterocycles. The molecule has 0 atom stereocenters. The molecule has 0 bridgehead atoms. The van der Waals surface area contributed by atoms with Crippen LogP contribution in [0.25, 0.3) is 11.5 Å². The number of methoxy groups -OCH3 is 2. The van der Waals surface area contributed by atoms with E-state index in [1.165, 1.54) is 7.11 Å². The Morgan fingerprint density at radius 3 is 2.33 bits per heavy atom. The highest BCUT2D eigenvalue weighted by Crippen LogP contribution is 2.37. The number of imidazole rings is 1. The number of hydrogen-bond acceptors (Lipinski definition) is 8. The number of pyridine rings is 1. The van der Waals surface area contributed by atoms with Gasteiger partial charge in [0.25, 0.3) is 0 Å². The second kappa shape index (κ2) is 16.8. The Morgan fingerprint density at radius 1 is 1.09 bits per heavy atom. The first-order valence-corrected chi connectivity index (χ1v) is 18.2. The molecule has 10 nitrogen and oxygen atoms in total. The summed E-state index contributed by atoms with van der Waals surface area (Å²) in [5.74, 6) is 1.46. The van der Waals surface area contributed by atoms with Crippen LogP contribution in [0.15, 0.2) is 48.8 Å². The third-order valence-corrected chi connectivity index (χ3v) is 8.72. The molecular formula is C34H50N4O6S. The molecule has 0 saturated carbocycles. The minimum atomic E-state index is -0.669. The summed E-state index contributed by atoms with van der Waals surface area (Å²) in [5.41, 5.74) is 2.53. The largest absolute Gasteiger partial charge is 0.486 e. The van der Waals surface area contributed by atoms with Gasteiger partial charge in [0, 0.05) is 50.0 Å². The summed E-state index contributed by atoms with van der Waals surface area (Å²) in [6, 6.07) is 11.5. The fourth-order valence-corrected chi connectivity index (χ4v) is 5.07. The molecule has 3 heterocycles.